The van der Waals surface area contributed by atoms with E-state index in [0.717, 1.165) is 0 Å². The highest BCUT2D eigenvalue weighted by Gasteiger charge is 1.98. The number of carbonyl (C=O) groups excluding carboxylic acids is 1. The molecule has 0 aromatic carbocycles. The first-order valence-electron chi connectivity index (χ1n) is 3.01. The minimum Gasteiger partial charge on any atom is -0.312 e. The molecule has 0 fully saturated rings. The Bertz CT molecular complexity index is 345. The largest absolute Gasteiger partial charge is 0.318 e. The number of rotatable bonds is 1. The van der Waals surface area contributed by atoms with E-state index in [1.54, 1.807) is 0 Å². The predicted octanol–water partition coefficient (Wildman–Crippen LogP) is 2.40. The van der Waals surface area contributed by atoms with E-state index in [2.05, 4.69) is 15.1 Å². The van der Waals surface area contributed by atoms with Crippen molar-refractivity contribution in [2.24, 2.45) is 0 Å². The fraction of sp³-hybridized carbons (Fsp3) is 0. The summed E-state index contributed by atoms with van der Waals surface area (Å²) >= 11 is 5.05. The SMILES string of the molecule is [C-]#[N+]c1cncc(NC(=O)Cl)c1. The van der Waals surface area contributed by atoms with Crippen molar-refractivity contribution in [2.45, 2.75) is 0 Å². The third-order valence-electron chi connectivity index (χ3n) is 1.10. The molecule has 60 valence electrons. The lowest BCUT2D eigenvalue weighted by Gasteiger charge is -1.98. The van der Waals surface area contributed by atoms with Gasteiger partial charge in [-0.2, -0.15) is 0 Å². The van der Waals surface area contributed by atoms with Crippen LogP contribution in [0, 0.1) is 6.57 Å². The maximum absolute atomic E-state index is 10.4. The molecule has 0 spiro atoms. The highest BCUT2D eigenvalue weighted by molar-refractivity contribution is 6.65. The highest BCUT2D eigenvalue weighted by Crippen LogP contribution is 2.15. The van der Waals surface area contributed by atoms with Crippen molar-refractivity contribution in [2.75, 3.05) is 5.32 Å². The number of amides is 1. The minimum absolute atomic E-state index is 0.359. The van der Waals surface area contributed by atoms with Crippen molar-refractivity contribution in [1.82, 2.24) is 4.98 Å². The quantitative estimate of drug-likeness (QED) is 0.411. The smallest absolute Gasteiger partial charge is 0.312 e. The van der Waals surface area contributed by atoms with Gasteiger partial charge in [-0.15, -0.1) is 0 Å². The maximum Gasteiger partial charge on any atom is 0.318 e. The van der Waals surface area contributed by atoms with E-state index in [9.17, 15) is 4.79 Å². The summed E-state index contributed by atoms with van der Waals surface area (Å²) in [5, 5.41) is 1.60. The fourth-order valence-corrected chi connectivity index (χ4v) is 0.780. The van der Waals surface area contributed by atoms with Crippen LogP contribution in [0.5, 0.6) is 0 Å². The van der Waals surface area contributed by atoms with Crippen molar-refractivity contribution < 1.29 is 4.79 Å². The molecule has 0 unspecified atom stereocenters. The molecule has 0 atom stereocenters. The van der Waals surface area contributed by atoms with Crippen LogP contribution in [0.25, 0.3) is 4.85 Å². The summed E-state index contributed by atoms with van der Waals surface area (Å²) in [5.74, 6) is 0. The number of hydrogen-bond acceptors (Lipinski definition) is 2. The first kappa shape index (κ1) is 8.50. The Hall–Kier alpha value is -1.60. The predicted molar refractivity (Wildman–Crippen MR) is 45.4 cm³/mol. The molecule has 1 aromatic heterocycles. The molecule has 5 heteroatoms. The Balaban J connectivity index is 2.88. The molecule has 0 radical (unpaired) electrons. The van der Waals surface area contributed by atoms with Crippen molar-refractivity contribution in [3.8, 4) is 0 Å². The lowest BCUT2D eigenvalue weighted by atomic mass is 10.4. The van der Waals surface area contributed by atoms with Crippen LogP contribution in [-0.2, 0) is 0 Å². The zero-order chi connectivity index (χ0) is 8.97. The lowest BCUT2D eigenvalue weighted by Crippen LogP contribution is -2.00. The molecule has 0 aliphatic rings. The first-order chi connectivity index (χ1) is 5.72. The van der Waals surface area contributed by atoms with Gasteiger partial charge in [0.25, 0.3) is 0 Å². The van der Waals surface area contributed by atoms with E-state index < -0.39 is 5.37 Å². The van der Waals surface area contributed by atoms with Gasteiger partial charge in [-0.25, -0.2) is 4.85 Å². The summed E-state index contributed by atoms with van der Waals surface area (Å²) in [5.41, 5.74) is 0.779. The molecular formula is C7H4ClN3O. The van der Waals surface area contributed by atoms with Crippen LogP contribution in [0.15, 0.2) is 18.5 Å². The molecule has 0 aliphatic carbocycles. The number of halogens is 1. The van der Waals surface area contributed by atoms with Gasteiger partial charge in [-0.05, 0) is 17.7 Å². The molecule has 1 rings (SSSR count). The summed E-state index contributed by atoms with van der Waals surface area (Å²) in [6, 6.07) is 1.49. The molecule has 0 aliphatic heterocycles. The van der Waals surface area contributed by atoms with Gasteiger partial charge in [0.05, 0.1) is 6.57 Å². The van der Waals surface area contributed by atoms with E-state index in [-0.39, 0.29) is 0 Å². The summed E-state index contributed by atoms with van der Waals surface area (Å²) in [4.78, 5) is 17.2. The van der Waals surface area contributed by atoms with Crippen molar-refractivity contribution in [3.63, 3.8) is 0 Å². The molecule has 1 N–H and O–H groups in total. The highest BCUT2D eigenvalue weighted by atomic mass is 35.5. The Morgan fingerprint density at radius 3 is 3.00 bits per heavy atom. The fourth-order valence-electron chi connectivity index (χ4n) is 0.671. The second kappa shape index (κ2) is 3.69. The average molecular weight is 182 g/mol. The standard InChI is InChI=1S/C7H4ClN3O/c1-9-5-2-6(4-10-3-5)11-7(8)12/h2-4H,(H,11,12). The van der Waals surface area contributed by atoms with Gasteiger partial charge < -0.3 is 5.32 Å². The normalized spacial score (nSPS) is 8.67. The van der Waals surface area contributed by atoms with Crippen molar-refractivity contribution >= 4 is 28.3 Å². The van der Waals surface area contributed by atoms with E-state index in [1.807, 2.05) is 0 Å². The van der Waals surface area contributed by atoms with Crippen molar-refractivity contribution in [3.05, 3.63) is 29.9 Å². The molecule has 1 heterocycles. The van der Waals surface area contributed by atoms with Crippen LogP contribution in [0.2, 0.25) is 0 Å². The second-order valence-corrected chi connectivity index (χ2v) is 2.29. The number of nitrogens with one attached hydrogen (secondary N) is 1. The van der Waals surface area contributed by atoms with E-state index in [1.165, 1.54) is 18.5 Å². The van der Waals surface area contributed by atoms with Crippen molar-refractivity contribution in [1.29, 1.82) is 0 Å². The summed E-state index contributed by atoms with van der Waals surface area (Å²) < 4.78 is 0. The zero-order valence-electron chi connectivity index (χ0n) is 5.91. The topological polar surface area (TPSA) is 46.4 Å². The van der Waals surface area contributed by atoms with Crippen LogP contribution in [0.3, 0.4) is 0 Å². The Morgan fingerprint density at radius 2 is 2.42 bits per heavy atom. The number of hydrogen-bond donors (Lipinski definition) is 1. The molecular weight excluding hydrogens is 178 g/mol. The summed E-state index contributed by atoms with van der Waals surface area (Å²) in [6.45, 7) is 6.66. The number of nitrogens with zero attached hydrogens (tertiary/aromatic N) is 2. The van der Waals surface area contributed by atoms with Gasteiger partial charge in [-0.3, -0.25) is 9.78 Å². The van der Waals surface area contributed by atoms with Gasteiger partial charge in [0.15, 0.2) is 0 Å². The number of aromatic nitrogens is 1. The zero-order valence-corrected chi connectivity index (χ0v) is 6.67. The van der Waals surface area contributed by atoms with Crippen LogP contribution < -0.4 is 5.32 Å². The van der Waals surface area contributed by atoms with Crippen LogP contribution >= 0.6 is 11.6 Å². The molecule has 0 saturated carbocycles. The van der Waals surface area contributed by atoms with E-state index in [4.69, 9.17) is 18.2 Å². The first-order valence-corrected chi connectivity index (χ1v) is 3.39. The average Bonchev–Trinajstić information content (AvgIpc) is 2.03. The molecule has 0 saturated heterocycles. The molecule has 4 nitrogen and oxygen atoms in total. The number of anilines is 1. The van der Waals surface area contributed by atoms with Gasteiger partial charge in [0.1, 0.15) is 0 Å². The van der Waals surface area contributed by atoms with Crippen LogP contribution in [0.4, 0.5) is 16.2 Å². The van der Waals surface area contributed by atoms with Gasteiger partial charge in [0, 0.05) is 18.1 Å². The van der Waals surface area contributed by atoms with Gasteiger partial charge >= 0.3 is 5.37 Å². The second-order valence-electron chi connectivity index (χ2n) is 1.94. The van der Waals surface area contributed by atoms with Gasteiger partial charge in [0.2, 0.25) is 5.69 Å². The Labute approximate surface area is 74.0 Å². The van der Waals surface area contributed by atoms with E-state index >= 15 is 0 Å². The minimum atomic E-state index is -0.695. The summed E-state index contributed by atoms with van der Waals surface area (Å²) in [7, 11) is 0. The monoisotopic (exact) mass is 181 g/mol. The Kier molecular flexibility index (Phi) is 2.62. The molecule has 1 amide bonds. The van der Waals surface area contributed by atoms with Gasteiger partial charge in [-0.1, -0.05) is 0 Å². The molecule has 0 bridgehead atoms. The third-order valence-corrected chi connectivity index (χ3v) is 1.19. The summed E-state index contributed by atoms with van der Waals surface area (Å²) in [6.07, 6.45) is 2.81. The molecule has 12 heavy (non-hydrogen) atoms. The third kappa shape index (κ3) is 2.22. The maximum atomic E-state index is 10.4. The Morgan fingerprint density at radius 1 is 1.67 bits per heavy atom. The number of pyridine rings is 1. The molecule has 1 aromatic rings. The van der Waals surface area contributed by atoms with E-state index in [0.29, 0.717) is 11.4 Å². The van der Waals surface area contributed by atoms with Crippen LogP contribution in [-0.4, -0.2) is 10.4 Å². The lowest BCUT2D eigenvalue weighted by molar-refractivity contribution is 0.269. The van der Waals surface area contributed by atoms with Crippen LogP contribution in [0.1, 0.15) is 0 Å². The number of carbonyl (C=O) groups is 1.